The Morgan fingerprint density at radius 3 is 1.63 bits per heavy atom. The molecule has 0 aliphatic carbocycles. The van der Waals surface area contributed by atoms with Gasteiger partial charge in [0.1, 0.15) is 40.3 Å². The van der Waals surface area contributed by atoms with Crippen LogP contribution in [0.1, 0.15) is 119 Å². The summed E-state index contributed by atoms with van der Waals surface area (Å²) in [6.45, 7) is 21.2. The number of carbonyl (C=O) groups excluding carboxylic acids is 2. The van der Waals surface area contributed by atoms with Crippen molar-refractivity contribution in [3.05, 3.63) is 142 Å². The second-order valence-electron chi connectivity index (χ2n) is 23.3. The lowest BCUT2D eigenvalue weighted by molar-refractivity contribution is -0.0276. The molecule has 2 atom stereocenters. The highest BCUT2D eigenvalue weighted by Gasteiger charge is 2.38. The Morgan fingerprint density at radius 2 is 1.11 bits per heavy atom. The van der Waals surface area contributed by atoms with Gasteiger partial charge in [0.05, 0.1) is 17.9 Å². The molecule has 11 rings (SSSR count). The van der Waals surface area contributed by atoms with Crippen LogP contribution in [0.25, 0.3) is 22.5 Å². The van der Waals surface area contributed by atoms with Gasteiger partial charge in [0.25, 0.3) is 0 Å². The summed E-state index contributed by atoms with van der Waals surface area (Å²) in [7, 11) is 4.34. The smallest absolute Gasteiger partial charge is 0.412 e. The van der Waals surface area contributed by atoms with Crippen LogP contribution >= 0.6 is 11.6 Å². The van der Waals surface area contributed by atoms with Crippen LogP contribution in [0.15, 0.2) is 97.1 Å². The van der Waals surface area contributed by atoms with Crippen LogP contribution in [0.5, 0.6) is 0 Å². The van der Waals surface area contributed by atoms with Crippen LogP contribution < -0.4 is 10.2 Å². The zero-order valence-electron chi connectivity index (χ0n) is 45.9. The van der Waals surface area contributed by atoms with E-state index in [-0.39, 0.29) is 36.0 Å². The largest absolute Gasteiger partial charge is 0.444 e. The average Bonchev–Trinajstić information content (AvgIpc) is 3.98. The number of nitrogens with zero attached hydrogens (tertiary/aromatic N) is 8. The van der Waals surface area contributed by atoms with Crippen LogP contribution in [0, 0.1) is 6.92 Å². The van der Waals surface area contributed by atoms with Crippen LogP contribution in [-0.2, 0) is 40.1 Å². The second kappa shape index (κ2) is 22.1. The third kappa shape index (κ3) is 11.6. The number of likely N-dealkylation sites (tertiary alicyclic amines) is 2. The predicted molar refractivity (Wildman–Crippen MR) is 301 cm³/mol. The first kappa shape index (κ1) is 53.4. The molecule has 2 aromatic heterocycles. The monoisotopic (exact) mass is 1050 g/mol. The molecule has 1 N–H and O–H groups in total. The SMILES string of the molecule is CN1CCC(OC2c3ccccc3CCn3c2nc(-c2ccc(NC(=O)OC(C)(C)C)cc2)c3Cl)CC1.Cc1c(-c2ccc(N3CCN(C(C)(C)C)C3=O)cc2)nc2n1CCc1ccccc1C2OC1CCN(C)CC1. The first-order chi connectivity index (χ1) is 36.4. The van der Waals surface area contributed by atoms with Crippen molar-refractivity contribution in [2.24, 2.45) is 0 Å². The van der Waals surface area contributed by atoms with Gasteiger partial charge in [0, 0.05) is 86.1 Å². The van der Waals surface area contributed by atoms with E-state index in [4.69, 9.17) is 35.8 Å². The fraction of sp³-hybridized carbons (Fsp3) is 0.475. The Kier molecular flexibility index (Phi) is 15.5. The van der Waals surface area contributed by atoms with E-state index in [1.165, 1.54) is 27.9 Å². The molecular formula is C61H76ClN9O5. The fourth-order valence-corrected chi connectivity index (χ4v) is 11.7. The topological polar surface area (TPSA) is 122 Å². The minimum absolute atomic E-state index is 0.0766. The molecule has 402 valence electrons. The lowest BCUT2D eigenvalue weighted by Crippen LogP contribution is -2.44. The van der Waals surface area contributed by atoms with Crippen molar-refractivity contribution < 1.29 is 23.8 Å². The Labute approximate surface area is 454 Å². The molecule has 0 saturated carbocycles. The summed E-state index contributed by atoms with van der Waals surface area (Å²) in [5.74, 6) is 1.85. The van der Waals surface area contributed by atoms with Gasteiger partial charge in [0.15, 0.2) is 0 Å². The minimum atomic E-state index is -0.559. The van der Waals surface area contributed by atoms with E-state index in [9.17, 15) is 9.59 Å². The lowest BCUT2D eigenvalue weighted by Gasteiger charge is -2.32. The Morgan fingerprint density at radius 1 is 0.618 bits per heavy atom. The molecule has 3 saturated heterocycles. The normalized spacial score (nSPS) is 19.7. The van der Waals surface area contributed by atoms with E-state index in [0.717, 1.165) is 124 Å². The molecule has 7 heterocycles. The highest BCUT2D eigenvalue weighted by molar-refractivity contribution is 6.32. The summed E-state index contributed by atoms with van der Waals surface area (Å²) in [6.07, 6.45) is 5.41. The number of amides is 3. The van der Waals surface area contributed by atoms with Gasteiger partial charge in [-0.1, -0.05) is 84.4 Å². The highest BCUT2D eigenvalue weighted by Crippen LogP contribution is 2.41. The molecule has 4 aromatic carbocycles. The molecule has 0 bridgehead atoms. The number of rotatable bonds is 8. The van der Waals surface area contributed by atoms with Crippen LogP contribution in [-0.4, -0.2) is 123 Å². The third-order valence-corrected chi connectivity index (χ3v) is 16.0. The van der Waals surface area contributed by atoms with Gasteiger partial charge in [-0.3, -0.25) is 10.2 Å². The standard InChI is InChI=1S/C32H41N5O2.C29H35ClN4O3/c1-22-28(24-10-12-25(13-11-24)36-20-21-37(31(36)38)32(2,3)4)33-30-29(39-26-15-17-34(5)18-16-26)27-9-7-6-8-23(27)14-19-35(22)30;1-29(2,3)37-28(35)31-21-11-9-20(10-12-21)24-26(30)34-18-13-19-7-5-6-8-23(19)25(27(34)32-24)36-22-14-16-33(4)17-15-22/h6-13,26,29H,14-21H2,1-5H3;5-12,22,25H,13-18H2,1-4H3,(H,31,35). The number of ether oxygens (including phenoxy) is 3. The number of nitrogens with one attached hydrogen (secondary N) is 1. The number of urea groups is 1. The number of imidazole rings is 2. The van der Waals surface area contributed by atoms with Crippen LogP contribution in [0.3, 0.4) is 0 Å². The molecule has 3 amide bonds. The van der Waals surface area contributed by atoms with E-state index in [0.29, 0.717) is 17.4 Å². The maximum atomic E-state index is 13.1. The predicted octanol–water partition coefficient (Wildman–Crippen LogP) is 12.0. The molecule has 15 heteroatoms. The highest BCUT2D eigenvalue weighted by atomic mass is 35.5. The van der Waals surface area contributed by atoms with E-state index in [1.54, 1.807) is 0 Å². The van der Waals surface area contributed by atoms with E-state index in [2.05, 4.69) is 139 Å². The van der Waals surface area contributed by atoms with Crippen molar-refractivity contribution in [1.29, 1.82) is 0 Å². The van der Waals surface area contributed by atoms with Gasteiger partial charge in [-0.05, 0) is 148 Å². The molecule has 2 unspecified atom stereocenters. The molecule has 0 spiro atoms. The number of piperidine rings is 2. The molecule has 3 fully saturated rings. The second-order valence-corrected chi connectivity index (χ2v) is 23.6. The van der Waals surface area contributed by atoms with Crippen molar-refractivity contribution in [3.8, 4) is 22.5 Å². The van der Waals surface area contributed by atoms with Gasteiger partial charge in [-0.2, -0.15) is 0 Å². The van der Waals surface area contributed by atoms with Gasteiger partial charge in [0.2, 0.25) is 0 Å². The van der Waals surface area contributed by atoms with Gasteiger partial charge in [-0.25, -0.2) is 19.6 Å². The number of benzene rings is 4. The first-order valence-corrected chi connectivity index (χ1v) is 27.7. The average molecular weight is 1050 g/mol. The first-order valence-electron chi connectivity index (χ1n) is 27.3. The van der Waals surface area contributed by atoms with Gasteiger partial charge < -0.3 is 38.0 Å². The van der Waals surface area contributed by atoms with E-state index in [1.807, 2.05) is 54.8 Å². The number of anilines is 2. The number of fused-ring (bicyclic) bond motifs is 4. The zero-order chi connectivity index (χ0) is 53.5. The zero-order valence-corrected chi connectivity index (χ0v) is 46.7. The summed E-state index contributed by atoms with van der Waals surface area (Å²) >= 11 is 6.96. The summed E-state index contributed by atoms with van der Waals surface area (Å²) < 4.78 is 23.5. The molecule has 6 aromatic rings. The molecule has 5 aliphatic rings. The van der Waals surface area contributed by atoms with Crippen molar-refractivity contribution in [2.75, 3.05) is 63.6 Å². The van der Waals surface area contributed by atoms with E-state index >= 15 is 0 Å². The molecular weight excluding hydrogens is 974 g/mol. The maximum Gasteiger partial charge on any atom is 0.412 e. The quantitative estimate of drug-likeness (QED) is 0.159. The summed E-state index contributed by atoms with van der Waals surface area (Å²) in [4.78, 5) is 44.1. The minimum Gasteiger partial charge on any atom is -0.444 e. The Hall–Kier alpha value is -6.03. The summed E-state index contributed by atoms with van der Waals surface area (Å²) in [5, 5.41) is 3.38. The number of aromatic nitrogens is 4. The molecule has 5 aliphatic heterocycles. The van der Waals surface area contributed by atoms with Crippen LogP contribution in [0.4, 0.5) is 21.0 Å². The summed E-state index contributed by atoms with van der Waals surface area (Å²) in [5.41, 5.74) is 10.7. The third-order valence-electron chi connectivity index (χ3n) is 15.6. The fourth-order valence-electron chi connectivity index (χ4n) is 11.4. The lowest BCUT2D eigenvalue weighted by atomic mass is 10.00. The van der Waals surface area contributed by atoms with Gasteiger partial charge >= 0.3 is 12.1 Å². The van der Waals surface area contributed by atoms with Crippen LogP contribution in [0.2, 0.25) is 5.15 Å². The molecule has 0 radical (unpaired) electrons. The number of hydrogen-bond acceptors (Lipinski definition) is 9. The number of halogens is 1. The number of carbonyl (C=O) groups is 2. The number of hydrogen-bond donors (Lipinski definition) is 1. The Balaban J connectivity index is 0.000000173. The van der Waals surface area contributed by atoms with Crippen molar-refractivity contribution >= 4 is 35.1 Å². The molecule has 14 nitrogen and oxygen atoms in total. The van der Waals surface area contributed by atoms with Gasteiger partial charge in [-0.15, -0.1) is 0 Å². The van der Waals surface area contributed by atoms with Crippen molar-refractivity contribution in [3.63, 3.8) is 0 Å². The maximum absolute atomic E-state index is 13.1. The Bertz CT molecular complexity index is 3010. The van der Waals surface area contributed by atoms with Crippen molar-refractivity contribution in [1.82, 2.24) is 33.8 Å². The number of aryl methyl sites for hydroxylation is 2. The molecule has 76 heavy (non-hydrogen) atoms. The van der Waals surface area contributed by atoms with E-state index < -0.39 is 11.7 Å². The van der Waals surface area contributed by atoms with Crippen molar-refractivity contribution in [2.45, 2.75) is 136 Å². The summed E-state index contributed by atoms with van der Waals surface area (Å²) in [6, 6.07) is 33.1.